The molecule has 3 unspecified atom stereocenters. The van der Waals surface area contributed by atoms with Crippen LogP contribution < -0.4 is 15.8 Å². The summed E-state index contributed by atoms with van der Waals surface area (Å²) in [4.78, 5) is 16.5. The van der Waals surface area contributed by atoms with Gasteiger partial charge in [-0.1, -0.05) is 26.2 Å². The molecule has 3 rings (SSSR count). The number of aromatic nitrogens is 1. The highest BCUT2D eigenvalue weighted by molar-refractivity contribution is 5.95. The van der Waals surface area contributed by atoms with E-state index in [1.54, 1.807) is 19.4 Å². The first-order valence-electron chi connectivity index (χ1n) is 8.73. The normalized spacial score (nSPS) is 21.6. The van der Waals surface area contributed by atoms with Crippen molar-refractivity contribution in [2.75, 3.05) is 12.4 Å². The van der Waals surface area contributed by atoms with Crippen LogP contribution in [0.2, 0.25) is 0 Å². The van der Waals surface area contributed by atoms with Crippen LogP contribution in [0.5, 0.6) is 5.75 Å². The zero-order chi connectivity index (χ0) is 17.8. The summed E-state index contributed by atoms with van der Waals surface area (Å²) in [6, 6.07) is 4.93. The van der Waals surface area contributed by atoms with Gasteiger partial charge in [0.15, 0.2) is 12.2 Å². The van der Waals surface area contributed by atoms with Crippen LogP contribution in [0.1, 0.15) is 32.6 Å². The Morgan fingerprint density at radius 3 is 2.88 bits per heavy atom. The molecule has 3 N–H and O–H groups in total. The molecule has 6 heteroatoms. The van der Waals surface area contributed by atoms with Gasteiger partial charge in [-0.05, 0) is 30.4 Å². The lowest BCUT2D eigenvalue weighted by atomic mass is 9.76. The Hall–Kier alpha value is -2.34. The molecule has 1 aliphatic carbocycles. The zero-order valence-corrected chi connectivity index (χ0v) is 14.7. The molecule has 1 aromatic heterocycles. The topological polar surface area (TPSA) is 90.4 Å². The Morgan fingerprint density at radius 1 is 1.40 bits per heavy atom. The molecular formula is C19H25N3O3. The third-order valence-corrected chi connectivity index (χ3v) is 5.11. The van der Waals surface area contributed by atoms with Gasteiger partial charge in [-0.3, -0.25) is 4.79 Å². The minimum atomic E-state index is -0.491. The Balaban J connectivity index is 1.73. The van der Waals surface area contributed by atoms with Crippen molar-refractivity contribution in [3.63, 3.8) is 0 Å². The van der Waals surface area contributed by atoms with E-state index in [1.807, 2.05) is 12.1 Å². The van der Waals surface area contributed by atoms with Crippen molar-refractivity contribution in [2.45, 2.75) is 38.6 Å². The van der Waals surface area contributed by atoms with Crippen molar-refractivity contribution in [1.29, 1.82) is 0 Å². The van der Waals surface area contributed by atoms with Gasteiger partial charge >= 0.3 is 0 Å². The molecule has 25 heavy (non-hydrogen) atoms. The molecule has 0 spiro atoms. The summed E-state index contributed by atoms with van der Waals surface area (Å²) in [5.41, 5.74) is 7.68. The second-order valence-electron chi connectivity index (χ2n) is 6.72. The van der Waals surface area contributed by atoms with E-state index in [1.165, 1.54) is 12.8 Å². The predicted octanol–water partition coefficient (Wildman–Crippen LogP) is 3.44. The zero-order valence-electron chi connectivity index (χ0n) is 14.7. The number of amides is 1. The number of methoxy groups -OCH3 is 1. The van der Waals surface area contributed by atoms with Crippen molar-refractivity contribution in [3.05, 3.63) is 30.8 Å². The van der Waals surface area contributed by atoms with Crippen molar-refractivity contribution >= 4 is 11.6 Å². The SMILES string of the molecule is COc1cc(NC(=O)C(N)C2CCCCC2C)ccc1-c1cnco1. The number of carbonyl (C=O) groups excluding carboxylic acids is 1. The van der Waals surface area contributed by atoms with Crippen LogP contribution in [-0.2, 0) is 4.79 Å². The fourth-order valence-electron chi connectivity index (χ4n) is 3.62. The molecule has 134 valence electrons. The molecule has 1 heterocycles. The lowest BCUT2D eigenvalue weighted by Crippen LogP contribution is -2.45. The smallest absolute Gasteiger partial charge is 0.241 e. The van der Waals surface area contributed by atoms with Crippen LogP contribution in [0.25, 0.3) is 11.3 Å². The fourth-order valence-corrected chi connectivity index (χ4v) is 3.62. The lowest BCUT2D eigenvalue weighted by molar-refractivity contribution is -0.119. The second kappa shape index (κ2) is 7.70. The van der Waals surface area contributed by atoms with Gasteiger partial charge in [0.2, 0.25) is 5.91 Å². The summed E-state index contributed by atoms with van der Waals surface area (Å²) in [7, 11) is 1.58. The predicted molar refractivity (Wildman–Crippen MR) is 96.2 cm³/mol. The van der Waals surface area contributed by atoms with E-state index in [9.17, 15) is 4.79 Å². The highest BCUT2D eigenvalue weighted by atomic mass is 16.5. The highest BCUT2D eigenvalue weighted by Crippen LogP contribution is 2.34. The number of hydrogen-bond donors (Lipinski definition) is 2. The van der Waals surface area contributed by atoms with Crippen molar-refractivity contribution in [3.8, 4) is 17.1 Å². The number of carbonyl (C=O) groups is 1. The van der Waals surface area contributed by atoms with Crippen molar-refractivity contribution in [2.24, 2.45) is 17.6 Å². The molecule has 1 aromatic carbocycles. The van der Waals surface area contributed by atoms with E-state index in [-0.39, 0.29) is 11.8 Å². The van der Waals surface area contributed by atoms with Crippen LogP contribution >= 0.6 is 0 Å². The first kappa shape index (κ1) is 17.5. The summed E-state index contributed by atoms with van der Waals surface area (Å²) in [5.74, 6) is 1.80. The maximum Gasteiger partial charge on any atom is 0.241 e. The van der Waals surface area contributed by atoms with E-state index >= 15 is 0 Å². The van der Waals surface area contributed by atoms with E-state index in [0.717, 1.165) is 24.8 Å². The summed E-state index contributed by atoms with van der Waals surface area (Å²) in [6.07, 6.45) is 7.53. The van der Waals surface area contributed by atoms with Gasteiger partial charge in [0.1, 0.15) is 5.75 Å². The standard InChI is InChI=1S/C19H25N3O3/c1-12-5-3-4-6-14(12)18(20)19(23)22-13-7-8-15(16(9-13)24-2)17-10-21-11-25-17/h7-12,14,18H,3-6,20H2,1-2H3,(H,22,23). The Bertz CT molecular complexity index is 715. The molecule has 1 fully saturated rings. The highest BCUT2D eigenvalue weighted by Gasteiger charge is 2.31. The van der Waals surface area contributed by atoms with Crippen LogP contribution in [0.15, 0.2) is 35.2 Å². The summed E-state index contributed by atoms with van der Waals surface area (Å²) < 4.78 is 10.7. The minimum Gasteiger partial charge on any atom is -0.496 e. The molecular weight excluding hydrogens is 318 g/mol. The van der Waals surface area contributed by atoms with Gasteiger partial charge < -0.3 is 20.2 Å². The monoisotopic (exact) mass is 343 g/mol. The molecule has 1 aliphatic rings. The number of rotatable bonds is 5. The molecule has 0 radical (unpaired) electrons. The first-order valence-corrected chi connectivity index (χ1v) is 8.73. The number of benzene rings is 1. The molecule has 0 bridgehead atoms. The maximum absolute atomic E-state index is 12.6. The molecule has 0 saturated heterocycles. The van der Waals surface area contributed by atoms with E-state index in [4.69, 9.17) is 14.9 Å². The third-order valence-electron chi connectivity index (χ3n) is 5.11. The summed E-state index contributed by atoms with van der Waals surface area (Å²) in [6.45, 7) is 2.19. The van der Waals surface area contributed by atoms with Crippen LogP contribution in [0, 0.1) is 11.8 Å². The summed E-state index contributed by atoms with van der Waals surface area (Å²) in [5, 5.41) is 2.92. The Labute approximate surface area is 147 Å². The van der Waals surface area contributed by atoms with Gasteiger partial charge in [-0.25, -0.2) is 4.98 Å². The van der Waals surface area contributed by atoms with Gasteiger partial charge in [0.25, 0.3) is 0 Å². The number of hydrogen-bond acceptors (Lipinski definition) is 5. The largest absolute Gasteiger partial charge is 0.496 e. The number of anilines is 1. The number of nitrogens with zero attached hydrogens (tertiary/aromatic N) is 1. The maximum atomic E-state index is 12.6. The fraction of sp³-hybridized carbons (Fsp3) is 0.474. The quantitative estimate of drug-likeness (QED) is 0.868. The van der Waals surface area contributed by atoms with Gasteiger partial charge in [-0.15, -0.1) is 0 Å². The Morgan fingerprint density at radius 2 is 2.20 bits per heavy atom. The van der Waals surface area contributed by atoms with Crippen LogP contribution in [0.3, 0.4) is 0 Å². The minimum absolute atomic E-state index is 0.145. The van der Waals surface area contributed by atoms with Crippen molar-refractivity contribution in [1.82, 2.24) is 4.98 Å². The number of ether oxygens (including phenoxy) is 1. The van der Waals surface area contributed by atoms with E-state index in [2.05, 4.69) is 17.2 Å². The average molecular weight is 343 g/mol. The molecule has 0 aliphatic heterocycles. The molecule has 1 saturated carbocycles. The number of nitrogens with one attached hydrogen (secondary N) is 1. The lowest BCUT2D eigenvalue weighted by Gasteiger charge is -2.32. The second-order valence-corrected chi connectivity index (χ2v) is 6.72. The molecule has 2 aromatic rings. The molecule has 3 atom stereocenters. The van der Waals surface area contributed by atoms with Gasteiger partial charge in [0, 0.05) is 11.8 Å². The van der Waals surface area contributed by atoms with Gasteiger partial charge in [-0.2, -0.15) is 0 Å². The summed E-state index contributed by atoms with van der Waals surface area (Å²) >= 11 is 0. The van der Waals surface area contributed by atoms with Crippen LogP contribution in [-0.4, -0.2) is 24.0 Å². The number of oxazole rings is 1. The van der Waals surface area contributed by atoms with Crippen LogP contribution in [0.4, 0.5) is 5.69 Å². The van der Waals surface area contributed by atoms with E-state index < -0.39 is 6.04 Å². The average Bonchev–Trinajstić information content (AvgIpc) is 3.15. The first-order chi connectivity index (χ1) is 12.1. The number of nitrogens with two attached hydrogens (primary N) is 1. The molecule has 6 nitrogen and oxygen atoms in total. The van der Waals surface area contributed by atoms with E-state index in [0.29, 0.717) is 23.1 Å². The third kappa shape index (κ3) is 3.85. The Kier molecular flexibility index (Phi) is 5.38. The van der Waals surface area contributed by atoms with Crippen molar-refractivity contribution < 1.29 is 13.9 Å². The molecule has 1 amide bonds. The van der Waals surface area contributed by atoms with Gasteiger partial charge in [0.05, 0.1) is 24.9 Å².